The fourth-order valence-electron chi connectivity index (χ4n) is 4.52. The number of amides is 2. The van der Waals surface area contributed by atoms with Crippen LogP contribution in [0.1, 0.15) is 35.6 Å². The smallest absolute Gasteiger partial charge is 0.407 e. The standard InChI is InChI=1S/C25H25N5O5/c31-22(32)13-30-12-16(28-29-30)11-26-23(33)25(9-10-25)15-27-24(34)35-14-21-19-7-3-1-5-17(19)18-6-2-4-8-20(18)21/h1-8,12,21H,9-11,13-15H2,(H,26,33)(H,27,34)(H,31,32). The fourth-order valence-corrected chi connectivity index (χ4v) is 4.52. The van der Waals surface area contributed by atoms with Crippen LogP contribution in [0.5, 0.6) is 0 Å². The van der Waals surface area contributed by atoms with E-state index in [1.165, 1.54) is 10.9 Å². The predicted octanol–water partition coefficient (Wildman–Crippen LogP) is 2.30. The molecule has 1 aromatic heterocycles. The Bertz CT molecular complexity index is 1240. The summed E-state index contributed by atoms with van der Waals surface area (Å²) in [6, 6.07) is 16.3. The highest BCUT2D eigenvalue weighted by Crippen LogP contribution is 2.46. The van der Waals surface area contributed by atoms with Gasteiger partial charge in [0, 0.05) is 12.5 Å². The first-order valence-corrected chi connectivity index (χ1v) is 11.4. The summed E-state index contributed by atoms with van der Waals surface area (Å²) < 4.78 is 6.75. The molecule has 2 aromatic carbocycles. The summed E-state index contributed by atoms with van der Waals surface area (Å²) in [7, 11) is 0. The van der Waals surface area contributed by atoms with Crippen LogP contribution in [-0.2, 0) is 27.4 Å². The van der Waals surface area contributed by atoms with Crippen molar-refractivity contribution in [1.82, 2.24) is 25.6 Å². The molecule has 2 aliphatic rings. The number of nitrogens with one attached hydrogen (secondary N) is 2. The predicted molar refractivity (Wildman–Crippen MR) is 124 cm³/mol. The van der Waals surface area contributed by atoms with E-state index in [0.717, 1.165) is 22.3 Å². The summed E-state index contributed by atoms with van der Waals surface area (Å²) in [6.45, 7) is 0.229. The molecule has 2 amide bonds. The number of nitrogens with zero attached hydrogens (tertiary/aromatic N) is 3. The molecule has 0 unspecified atom stereocenters. The number of rotatable bonds is 9. The maximum Gasteiger partial charge on any atom is 0.407 e. The topological polar surface area (TPSA) is 135 Å². The first-order valence-electron chi connectivity index (χ1n) is 11.4. The molecule has 3 N–H and O–H groups in total. The third kappa shape index (κ3) is 4.72. The summed E-state index contributed by atoms with van der Waals surface area (Å²) >= 11 is 0. The highest BCUT2D eigenvalue weighted by molar-refractivity contribution is 5.86. The molecule has 35 heavy (non-hydrogen) atoms. The fraction of sp³-hybridized carbons (Fsp3) is 0.320. The molecule has 5 rings (SSSR count). The number of carbonyl (C=O) groups excluding carboxylic acids is 2. The largest absolute Gasteiger partial charge is 0.480 e. The van der Waals surface area contributed by atoms with Crippen LogP contribution in [0.15, 0.2) is 54.7 Å². The number of benzene rings is 2. The Morgan fingerprint density at radius 3 is 2.31 bits per heavy atom. The highest BCUT2D eigenvalue weighted by atomic mass is 16.5. The second-order valence-electron chi connectivity index (χ2n) is 8.94. The molecule has 10 heteroatoms. The highest BCUT2D eigenvalue weighted by Gasteiger charge is 2.50. The van der Waals surface area contributed by atoms with E-state index in [2.05, 4.69) is 45.2 Å². The van der Waals surface area contributed by atoms with Crippen LogP contribution in [0.25, 0.3) is 11.1 Å². The molecule has 0 atom stereocenters. The van der Waals surface area contributed by atoms with Gasteiger partial charge in [-0.25, -0.2) is 9.48 Å². The maximum atomic E-state index is 12.7. The number of aliphatic carboxylic acids is 1. The normalized spacial score (nSPS) is 15.1. The summed E-state index contributed by atoms with van der Waals surface area (Å²) in [4.78, 5) is 35.9. The van der Waals surface area contributed by atoms with Crippen molar-refractivity contribution in [1.29, 1.82) is 0 Å². The zero-order valence-electron chi connectivity index (χ0n) is 18.9. The van der Waals surface area contributed by atoms with Gasteiger partial charge in [-0.2, -0.15) is 0 Å². The first kappa shape index (κ1) is 22.6. The van der Waals surface area contributed by atoms with Gasteiger partial charge in [0.25, 0.3) is 0 Å². The molecule has 1 heterocycles. The van der Waals surface area contributed by atoms with Crippen LogP contribution in [0.2, 0.25) is 0 Å². The summed E-state index contributed by atoms with van der Waals surface area (Å²) in [5.74, 6) is -1.24. The van der Waals surface area contributed by atoms with Crippen molar-refractivity contribution >= 4 is 18.0 Å². The molecule has 0 bridgehead atoms. The van der Waals surface area contributed by atoms with Crippen molar-refractivity contribution in [2.45, 2.75) is 31.8 Å². The van der Waals surface area contributed by atoms with Crippen molar-refractivity contribution < 1.29 is 24.2 Å². The van der Waals surface area contributed by atoms with Crippen molar-refractivity contribution in [3.63, 3.8) is 0 Å². The second kappa shape index (κ2) is 9.21. The summed E-state index contributed by atoms with van der Waals surface area (Å²) in [5, 5.41) is 21.9. The molecule has 10 nitrogen and oxygen atoms in total. The Balaban J connectivity index is 1.11. The Kier molecular flexibility index (Phi) is 5.94. The number of alkyl carbamates (subject to hydrolysis) is 1. The van der Waals surface area contributed by atoms with Crippen molar-refractivity contribution in [3.05, 3.63) is 71.5 Å². The molecular weight excluding hydrogens is 450 g/mol. The van der Waals surface area contributed by atoms with E-state index >= 15 is 0 Å². The number of hydrogen-bond donors (Lipinski definition) is 3. The maximum absolute atomic E-state index is 12.7. The number of hydrogen-bond acceptors (Lipinski definition) is 6. The first-order chi connectivity index (χ1) is 16.9. The Hall–Kier alpha value is -4.21. The zero-order chi connectivity index (χ0) is 24.4. The molecule has 0 aliphatic heterocycles. The van der Waals surface area contributed by atoms with E-state index in [4.69, 9.17) is 9.84 Å². The molecular formula is C25H25N5O5. The number of carbonyl (C=O) groups is 3. The monoisotopic (exact) mass is 475 g/mol. The third-order valence-corrected chi connectivity index (χ3v) is 6.56. The van der Waals surface area contributed by atoms with Crippen LogP contribution in [0, 0.1) is 5.41 Å². The summed E-state index contributed by atoms with van der Waals surface area (Å²) in [6.07, 6.45) is 2.24. The van der Waals surface area contributed by atoms with E-state index in [9.17, 15) is 14.4 Å². The van der Waals surface area contributed by atoms with Gasteiger partial charge >= 0.3 is 12.1 Å². The number of aromatic nitrogens is 3. The minimum Gasteiger partial charge on any atom is -0.480 e. The molecule has 0 radical (unpaired) electrons. The lowest BCUT2D eigenvalue weighted by Crippen LogP contribution is -2.40. The number of ether oxygens (including phenoxy) is 1. The average molecular weight is 476 g/mol. The quantitative estimate of drug-likeness (QED) is 0.432. The minimum absolute atomic E-state index is 0.0270. The molecule has 0 saturated heterocycles. The van der Waals surface area contributed by atoms with Crippen LogP contribution < -0.4 is 10.6 Å². The van der Waals surface area contributed by atoms with Crippen molar-refractivity contribution in [2.75, 3.05) is 13.2 Å². The van der Waals surface area contributed by atoms with Gasteiger partial charge in [0.15, 0.2) is 0 Å². The Morgan fingerprint density at radius 1 is 1.03 bits per heavy atom. The average Bonchev–Trinajstić information content (AvgIpc) is 3.42. The van der Waals surface area contributed by atoms with Crippen molar-refractivity contribution in [2.24, 2.45) is 5.41 Å². The van der Waals surface area contributed by atoms with E-state index in [1.807, 2.05) is 24.3 Å². The lowest BCUT2D eigenvalue weighted by atomic mass is 9.98. The second-order valence-corrected chi connectivity index (χ2v) is 8.94. The van der Waals surface area contributed by atoms with Gasteiger partial charge in [-0.1, -0.05) is 53.7 Å². The number of carboxylic acid groups (broad SMARTS) is 1. The lowest BCUT2D eigenvalue weighted by Gasteiger charge is -2.17. The Morgan fingerprint density at radius 2 is 1.69 bits per heavy atom. The molecule has 2 aliphatic carbocycles. The zero-order valence-corrected chi connectivity index (χ0v) is 18.9. The molecule has 0 spiro atoms. The number of fused-ring (bicyclic) bond motifs is 3. The molecule has 3 aromatic rings. The van der Waals surface area contributed by atoms with Gasteiger partial charge in [-0.15, -0.1) is 5.10 Å². The van der Waals surface area contributed by atoms with Crippen molar-refractivity contribution in [3.8, 4) is 11.1 Å². The number of carboxylic acids is 1. The Labute approximate surface area is 201 Å². The van der Waals surface area contributed by atoms with Gasteiger partial charge in [0.1, 0.15) is 18.8 Å². The van der Waals surface area contributed by atoms with E-state index < -0.39 is 17.5 Å². The van der Waals surface area contributed by atoms with Crippen LogP contribution in [-0.4, -0.2) is 51.2 Å². The van der Waals surface area contributed by atoms with Gasteiger partial charge in [-0.3, -0.25) is 9.59 Å². The van der Waals surface area contributed by atoms with Gasteiger partial charge in [0.05, 0.1) is 18.2 Å². The van der Waals surface area contributed by atoms with Gasteiger partial charge < -0.3 is 20.5 Å². The lowest BCUT2D eigenvalue weighted by molar-refractivity contribution is -0.138. The SMILES string of the molecule is O=C(O)Cn1cc(CNC(=O)C2(CNC(=O)OCC3c4ccccc4-c4ccccc43)CC2)nn1. The van der Waals surface area contributed by atoms with E-state index in [0.29, 0.717) is 18.5 Å². The molecule has 1 fully saturated rings. The van der Waals surface area contributed by atoms with E-state index in [1.54, 1.807) is 0 Å². The minimum atomic E-state index is -1.03. The van der Waals surface area contributed by atoms with E-state index in [-0.39, 0.29) is 38.1 Å². The van der Waals surface area contributed by atoms with Crippen LogP contribution in [0.3, 0.4) is 0 Å². The van der Waals surface area contributed by atoms with Gasteiger partial charge in [-0.05, 0) is 35.1 Å². The van der Waals surface area contributed by atoms with Gasteiger partial charge in [0.2, 0.25) is 5.91 Å². The van der Waals surface area contributed by atoms with Crippen LogP contribution >= 0.6 is 0 Å². The summed E-state index contributed by atoms with van der Waals surface area (Å²) in [5.41, 5.74) is 4.39. The molecule has 180 valence electrons. The third-order valence-electron chi connectivity index (χ3n) is 6.56. The van der Waals surface area contributed by atoms with Crippen LogP contribution in [0.4, 0.5) is 4.79 Å². The molecule has 1 saturated carbocycles.